The molecule has 5 nitrogen and oxygen atoms in total. The zero-order valence-electron chi connectivity index (χ0n) is 15.8. The van der Waals surface area contributed by atoms with E-state index in [0.717, 1.165) is 6.42 Å². The van der Waals surface area contributed by atoms with E-state index in [2.05, 4.69) is 0 Å². The lowest BCUT2D eigenvalue weighted by atomic mass is 10.1. The maximum atomic E-state index is 12.6. The van der Waals surface area contributed by atoms with E-state index in [-0.39, 0.29) is 29.9 Å². The molecule has 0 aromatic heterocycles. The van der Waals surface area contributed by atoms with Gasteiger partial charge in [-0.15, -0.1) is 0 Å². The SMILES string of the molecule is O=C(CCCC(=O)N1CCCC1CS(=O)(=O)c1ccccc1)c1ccccc1. The smallest absolute Gasteiger partial charge is 0.222 e. The van der Waals surface area contributed by atoms with Gasteiger partial charge in [-0.2, -0.15) is 0 Å². The Morgan fingerprint density at radius 3 is 2.25 bits per heavy atom. The van der Waals surface area contributed by atoms with Crippen molar-refractivity contribution in [3.05, 3.63) is 66.2 Å². The van der Waals surface area contributed by atoms with Crippen LogP contribution in [0.25, 0.3) is 0 Å². The van der Waals surface area contributed by atoms with Crippen molar-refractivity contribution >= 4 is 21.5 Å². The molecule has 148 valence electrons. The van der Waals surface area contributed by atoms with Crippen LogP contribution in [-0.2, 0) is 14.6 Å². The van der Waals surface area contributed by atoms with E-state index in [1.54, 1.807) is 47.4 Å². The predicted octanol–water partition coefficient (Wildman–Crippen LogP) is 3.50. The van der Waals surface area contributed by atoms with Crippen molar-refractivity contribution < 1.29 is 18.0 Å². The zero-order valence-corrected chi connectivity index (χ0v) is 16.6. The number of Topliss-reactive ketones (excluding diaryl/α,β-unsaturated/α-hetero) is 1. The van der Waals surface area contributed by atoms with Gasteiger partial charge in [0.2, 0.25) is 5.91 Å². The lowest BCUT2D eigenvalue weighted by Crippen LogP contribution is -2.39. The highest BCUT2D eigenvalue weighted by Gasteiger charge is 2.32. The molecule has 0 saturated carbocycles. The third kappa shape index (κ3) is 5.07. The molecule has 1 saturated heterocycles. The third-order valence-corrected chi connectivity index (χ3v) is 6.92. The average molecular weight is 400 g/mol. The van der Waals surface area contributed by atoms with Gasteiger partial charge < -0.3 is 4.90 Å². The molecule has 1 amide bonds. The van der Waals surface area contributed by atoms with E-state index in [4.69, 9.17) is 0 Å². The van der Waals surface area contributed by atoms with Crippen molar-refractivity contribution in [2.75, 3.05) is 12.3 Å². The molecule has 0 N–H and O–H groups in total. The van der Waals surface area contributed by atoms with Crippen molar-refractivity contribution in [3.8, 4) is 0 Å². The van der Waals surface area contributed by atoms with Gasteiger partial charge in [0.15, 0.2) is 15.6 Å². The second-order valence-electron chi connectivity index (χ2n) is 7.12. The maximum absolute atomic E-state index is 12.6. The van der Waals surface area contributed by atoms with Crippen LogP contribution in [-0.4, -0.2) is 43.3 Å². The zero-order chi connectivity index (χ0) is 20.0. The molecule has 1 fully saturated rings. The van der Waals surface area contributed by atoms with Crippen LogP contribution in [0.5, 0.6) is 0 Å². The van der Waals surface area contributed by atoms with Crippen LogP contribution in [0.3, 0.4) is 0 Å². The van der Waals surface area contributed by atoms with Crippen molar-refractivity contribution in [2.24, 2.45) is 0 Å². The first-order valence-electron chi connectivity index (χ1n) is 9.63. The summed E-state index contributed by atoms with van der Waals surface area (Å²) in [5.74, 6) is -0.0873. The summed E-state index contributed by atoms with van der Waals surface area (Å²) >= 11 is 0. The molecule has 0 radical (unpaired) electrons. The molecule has 1 unspecified atom stereocenters. The molecule has 0 aliphatic carbocycles. The van der Waals surface area contributed by atoms with Gasteiger partial charge in [0.1, 0.15) is 0 Å². The largest absolute Gasteiger partial charge is 0.339 e. The number of carbonyl (C=O) groups excluding carboxylic acids is 2. The van der Waals surface area contributed by atoms with Gasteiger partial charge in [-0.05, 0) is 31.4 Å². The summed E-state index contributed by atoms with van der Waals surface area (Å²) in [7, 11) is -3.43. The molecule has 2 aromatic carbocycles. The highest BCUT2D eigenvalue weighted by molar-refractivity contribution is 7.91. The molecule has 1 aliphatic rings. The van der Waals surface area contributed by atoms with Gasteiger partial charge in [-0.3, -0.25) is 9.59 Å². The van der Waals surface area contributed by atoms with Crippen LogP contribution in [0.1, 0.15) is 42.5 Å². The molecule has 1 atom stereocenters. The number of sulfone groups is 1. The molecule has 1 aliphatic heterocycles. The van der Waals surface area contributed by atoms with Gasteiger partial charge in [0.25, 0.3) is 0 Å². The summed E-state index contributed by atoms with van der Waals surface area (Å²) < 4.78 is 25.3. The van der Waals surface area contributed by atoms with Gasteiger partial charge >= 0.3 is 0 Å². The standard InChI is InChI=1S/C22H25NO4S/c24-21(18-9-3-1-4-10-18)14-7-15-22(25)23-16-8-11-19(23)17-28(26,27)20-12-5-2-6-13-20/h1-6,9-10,12-13,19H,7-8,11,14-17H2. The van der Waals surface area contributed by atoms with E-state index in [1.165, 1.54) is 0 Å². The van der Waals surface area contributed by atoms with Crippen molar-refractivity contribution in [1.29, 1.82) is 0 Å². The Labute approximate surface area is 166 Å². The lowest BCUT2D eigenvalue weighted by Gasteiger charge is -2.24. The molecular formula is C22H25NO4S. The number of hydrogen-bond acceptors (Lipinski definition) is 4. The number of amides is 1. The average Bonchev–Trinajstić information content (AvgIpc) is 3.16. The monoisotopic (exact) mass is 399 g/mol. The molecular weight excluding hydrogens is 374 g/mol. The Balaban J connectivity index is 1.54. The van der Waals surface area contributed by atoms with Gasteiger partial charge in [-0.1, -0.05) is 48.5 Å². The van der Waals surface area contributed by atoms with Crippen LogP contribution in [0.4, 0.5) is 0 Å². The Bertz CT molecular complexity index is 910. The minimum absolute atomic E-state index is 0.0260. The van der Waals surface area contributed by atoms with Crippen LogP contribution in [0.15, 0.2) is 65.6 Å². The number of hydrogen-bond donors (Lipinski definition) is 0. The second kappa shape index (κ2) is 9.15. The number of rotatable bonds is 8. The summed E-state index contributed by atoms with van der Waals surface area (Å²) in [6, 6.07) is 17.1. The summed E-state index contributed by atoms with van der Waals surface area (Å²) in [5.41, 5.74) is 0.656. The highest BCUT2D eigenvalue weighted by atomic mass is 32.2. The minimum atomic E-state index is -3.43. The first kappa shape index (κ1) is 20.3. The Morgan fingerprint density at radius 2 is 1.57 bits per heavy atom. The molecule has 2 aromatic rings. The van der Waals surface area contributed by atoms with Crippen LogP contribution in [0.2, 0.25) is 0 Å². The van der Waals surface area contributed by atoms with Crippen LogP contribution in [0, 0.1) is 0 Å². The van der Waals surface area contributed by atoms with E-state index < -0.39 is 9.84 Å². The van der Waals surface area contributed by atoms with E-state index in [1.807, 2.05) is 18.2 Å². The fourth-order valence-electron chi connectivity index (χ4n) is 3.63. The fraction of sp³-hybridized carbons (Fsp3) is 0.364. The number of nitrogens with zero attached hydrogens (tertiary/aromatic N) is 1. The predicted molar refractivity (Wildman–Crippen MR) is 108 cm³/mol. The summed E-state index contributed by atoms with van der Waals surface area (Å²) in [4.78, 5) is 26.8. The molecule has 6 heteroatoms. The second-order valence-corrected chi connectivity index (χ2v) is 9.15. The number of carbonyl (C=O) groups is 2. The van der Waals surface area contributed by atoms with Crippen LogP contribution >= 0.6 is 0 Å². The first-order chi connectivity index (χ1) is 13.5. The van der Waals surface area contributed by atoms with E-state index in [9.17, 15) is 18.0 Å². The van der Waals surface area contributed by atoms with E-state index in [0.29, 0.717) is 36.3 Å². The van der Waals surface area contributed by atoms with E-state index >= 15 is 0 Å². The fourth-order valence-corrected chi connectivity index (χ4v) is 5.24. The molecule has 0 spiro atoms. The van der Waals surface area contributed by atoms with Gasteiger partial charge in [0.05, 0.1) is 10.6 Å². The Morgan fingerprint density at radius 1 is 0.929 bits per heavy atom. The van der Waals surface area contributed by atoms with Crippen molar-refractivity contribution in [3.63, 3.8) is 0 Å². The first-order valence-corrected chi connectivity index (χ1v) is 11.3. The quantitative estimate of drug-likeness (QED) is 0.637. The molecule has 3 rings (SSSR count). The maximum Gasteiger partial charge on any atom is 0.222 e. The normalized spacial score (nSPS) is 16.9. The number of benzene rings is 2. The summed E-state index contributed by atoms with van der Waals surface area (Å²) in [6.45, 7) is 0.584. The van der Waals surface area contributed by atoms with Gasteiger partial charge in [0, 0.05) is 31.0 Å². The lowest BCUT2D eigenvalue weighted by molar-refractivity contribution is -0.131. The highest BCUT2D eigenvalue weighted by Crippen LogP contribution is 2.23. The molecule has 0 bridgehead atoms. The van der Waals surface area contributed by atoms with Crippen molar-refractivity contribution in [2.45, 2.75) is 43.0 Å². The molecule has 1 heterocycles. The molecule has 28 heavy (non-hydrogen) atoms. The Kier molecular flexibility index (Phi) is 6.62. The van der Waals surface area contributed by atoms with Crippen LogP contribution < -0.4 is 0 Å². The third-order valence-electron chi connectivity index (χ3n) is 5.10. The van der Waals surface area contributed by atoms with Gasteiger partial charge in [-0.25, -0.2) is 8.42 Å². The Hall–Kier alpha value is -2.47. The summed E-state index contributed by atoms with van der Waals surface area (Å²) in [6.07, 6.45) is 2.56. The topological polar surface area (TPSA) is 71.5 Å². The summed E-state index contributed by atoms with van der Waals surface area (Å²) in [5, 5.41) is 0. The van der Waals surface area contributed by atoms with Crippen molar-refractivity contribution in [1.82, 2.24) is 4.90 Å². The number of likely N-dealkylation sites (tertiary alicyclic amines) is 1. The number of ketones is 1. The minimum Gasteiger partial charge on any atom is -0.339 e.